The van der Waals surface area contributed by atoms with Gasteiger partial charge in [0.05, 0.1) is 17.7 Å². The Labute approximate surface area is 146 Å². The highest BCUT2D eigenvalue weighted by Crippen LogP contribution is 2.21. The van der Waals surface area contributed by atoms with Gasteiger partial charge in [0.25, 0.3) is 0 Å². The molecule has 1 amide bonds. The Morgan fingerprint density at radius 2 is 1.96 bits per heavy atom. The predicted octanol–water partition coefficient (Wildman–Crippen LogP) is 2.68. The largest absolute Gasteiger partial charge is 0.441 e. The summed E-state index contributed by atoms with van der Waals surface area (Å²) in [5, 5.41) is 0. The van der Waals surface area contributed by atoms with Gasteiger partial charge in [0.15, 0.2) is 0 Å². The lowest BCUT2D eigenvalue weighted by Crippen LogP contribution is -2.30. The van der Waals surface area contributed by atoms with Crippen LogP contribution in [0.25, 0.3) is 11.5 Å². The Morgan fingerprint density at radius 1 is 1.16 bits per heavy atom. The molecule has 25 heavy (non-hydrogen) atoms. The van der Waals surface area contributed by atoms with Crippen molar-refractivity contribution < 1.29 is 9.21 Å². The van der Waals surface area contributed by atoms with Crippen LogP contribution in [-0.2, 0) is 17.6 Å². The number of aryl methyl sites for hydroxylation is 1. The van der Waals surface area contributed by atoms with Gasteiger partial charge in [-0.3, -0.25) is 14.8 Å². The topological polar surface area (TPSA) is 72.1 Å². The van der Waals surface area contributed by atoms with Gasteiger partial charge in [0.1, 0.15) is 5.76 Å². The number of amides is 1. The highest BCUT2D eigenvalue weighted by atomic mass is 16.4. The molecular formula is C19H20N4O2. The number of hydrogen-bond acceptors (Lipinski definition) is 5. The molecule has 0 atom stereocenters. The molecular weight excluding hydrogens is 316 g/mol. The maximum atomic E-state index is 12.5. The Hall–Kier alpha value is -3.02. The molecule has 3 heterocycles. The van der Waals surface area contributed by atoms with Gasteiger partial charge in [0, 0.05) is 38.4 Å². The van der Waals surface area contributed by atoms with E-state index in [4.69, 9.17) is 4.42 Å². The van der Waals surface area contributed by atoms with Crippen LogP contribution in [0, 0.1) is 6.92 Å². The van der Waals surface area contributed by atoms with Crippen molar-refractivity contribution in [2.24, 2.45) is 0 Å². The number of aromatic nitrogens is 3. The predicted molar refractivity (Wildman–Crippen MR) is 93.8 cm³/mol. The summed E-state index contributed by atoms with van der Waals surface area (Å²) in [4.78, 5) is 26.7. The zero-order valence-electron chi connectivity index (χ0n) is 14.3. The molecule has 0 aliphatic heterocycles. The monoisotopic (exact) mass is 336 g/mol. The lowest BCUT2D eigenvalue weighted by atomic mass is 10.2. The van der Waals surface area contributed by atoms with E-state index >= 15 is 0 Å². The summed E-state index contributed by atoms with van der Waals surface area (Å²) in [7, 11) is 1.81. The van der Waals surface area contributed by atoms with Crippen molar-refractivity contribution in [1.29, 1.82) is 0 Å². The van der Waals surface area contributed by atoms with Crippen LogP contribution in [0.2, 0.25) is 0 Å². The molecule has 3 rings (SSSR count). The molecule has 0 bridgehead atoms. The van der Waals surface area contributed by atoms with E-state index in [1.54, 1.807) is 36.7 Å². The van der Waals surface area contributed by atoms with Crippen LogP contribution in [0.5, 0.6) is 0 Å². The number of hydrogen-bond donors (Lipinski definition) is 0. The highest BCUT2D eigenvalue weighted by Gasteiger charge is 2.17. The number of pyridine rings is 2. The van der Waals surface area contributed by atoms with Crippen LogP contribution in [0.1, 0.15) is 17.0 Å². The van der Waals surface area contributed by atoms with E-state index in [-0.39, 0.29) is 12.3 Å². The van der Waals surface area contributed by atoms with Gasteiger partial charge in [-0.25, -0.2) is 4.98 Å². The molecule has 3 aromatic heterocycles. The van der Waals surface area contributed by atoms with Crippen LogP contribution in [0.3, 0.4) is 0 Å². The highest BCUT2D eigenvalue weighted by molar-refractivity contribution is 5.78. The minimum atomic E-state index is 0.0168. The smallest absolute Gasteiger partial charge is 0.228 e. The molecule has 0 aliphatic rings. The lowest BCUT2D eigenvalue weighted by Gasteiger charge is -2.16. The van der Waals surface area contributed by atoms with E-state index < -0.39 is 0 Å². The average Bonchev–Trinajstić information content (AvgIpc) is 3.02. The molecule has 6 heteroatoms. The third-order valence-electron chi connectivity index (χ3n) is 4.03. The molecule has 0 aliphatic carbocycles. The molecule has 0 spiro atoms. The summed E-state index contributed by atoms with van der Waals surface area (Å²) in [5.74, 6) is 1.17. The van der Waals surface area contributed by atoms with Crippen LogP contribution in [-0.4, -0.2) is 39.4 Å². The number of carbonyl (C=O) groups excluding carboxylic acids is 1. The van der Waals surface area contributed by atoms with Gasteiger partial charge in [-0.15, -0.1) is 0 Å². The van der Waals surface area contributed by atoms with Crippen molar-refractivity contribution in [2.75, 3.05) is 13.6 Å². The maximum Gasteiger partial charge on any atom is 0.228 e. The summed E-state index contributed by atoms with van der Waals surface area (Å²) >= 11 is 0. The van der Waals surface area contributed by atoms with E-state index in [2.05, 4.69) is 15.0 Å². The number of likely N-dealkylation sites (N-methyl/N-ethyl adjacent to an activating group) is 1. The lowest BCUT2D eigenvalue weighted by molar-refractivity contribution is -0.129. The van der Waals surface area contributed by atoms with Crippen LogP contribution < -0.4 is 0 Å². The van der Waals surface area contributed by atoms with Gasteiger partial charge in [0.2, 0.25) is 11.8 Å². The first-order valence-corrected chi connectivity index (χ1v) is 8.13. The maximum absolute atomic E-state index is 12.5. The molecule has 3 aromatic rings. The fourth-order valence-corrected chi connectivity index (χ4v) is 2.45. The molecule has 0 saturated heterocycles. The summed E-state index contributed by atoms with van der Waals surface area (Å²) in [6, 6.07) is 7.62. The first kappa shape index (κ1) is 16.8. The zero-order chi connectivity index (χ0) is 17.6. The molecule has 6 nitrogen and oxygen atoms in total. The van der Waals surface area contributed by atoms with E-state index in [1.807, 2.05) is 31.2 Å². The van der Waals surface area contributed by atoms with Gasteiger partial charge in [-0.1, -0.05) is 0 Å². The van der Waals surface area contributed by atoms with Crippen molar-refractivity contribution in [1.82, 2.24) is 19.9 Å². The summed E-state index contributed by atoms with van der Waals surface area (Å²) in [6.45, 7) is 2.47. The van der Waals surface area contributed by atoms with Crippen molar-refractivity contribution in [3.63, 3.8) is 0 Å². The molecule has 128 valence electrons. The first-order valence-electron chi connectivity index (χ1n) is 8.13. The quantitative estimate of drug-likeness (QED) is 0.692. The summed E-state index contributed by atoms with van der Waals surface area (Å²) in [6.07, 6.45) is 7.93. The number of rotatable bonds is 6. The van der Waals surface area contributed by atoms with Crippen LogP contribution in [0.4, 0.5) is 0 Å². The second-order valence-electron chi connectivity index (χ2n) is 5.86. The Balaban J connectivity index is 1.61. The van der Waals surface area contributed by atoms with Gasteiger partial charge in [-0.2, -0.15) is 0 Å². The van der Waals surface area contributed by atoms with Gasteiger partial charge in [-0.05, 0) is 43.2 Å². The molecule has 0 radical (unpaired) electrons. The normalized spacial score (nSPS) is 10.6. The van der Waals surface area contributed by atoms with E-state index in [0.717, 1.165) is 17.5 Å². The minimum absolute atomic E-state index is 0.0168. The third-order valence-corrected chi connectivity index (χ3v) is 4.03. The van der Waals surface area contributed by atoms with Crippen molar-refractivity contribution in [3.8, 4) is 11.5 Å². The number of carbonyl (C=O) groups is 1. The molecule has 0 unspecified atom stereocenters. The standard InChI is InChI=1S/C19H20N4O2/c1-14-17(22-19(25-14)16-4-3-8-21-13-16)12-18(24)23(2)11-7-15-5-9-20-10-6-15/h3-6,8-10,13H,7,11-12H2,1-2H3. The van der Waals surface area contributed by atoms with Crippen molar-refractivity contribution >= 4 is 5.91 Å². The SMILES string of the molecule is Cc1oc(-c2cccnc2)nc1CC(=O)N(C)CCc1ccncc1. The van der Waals surface area contributed by atoms with Crippen molar-refractivity contribution in [2.45, 2.75) is 19.8 Å². The fourth-order valence-electron chi connectivity index (χ4n) is 2.45. The third kappa shape index (κ3) is 4.29. The molecule has 0 aromatic carbocycles. The number of nitrogens with zero attached hydrogens (tertiary/aromatic N) is 4. The minimum Gasteiger partial charge on any atom is -0.441 e. The van der Waals surface area contributed by atoms with Crippen LogP contribution >= 0.6 is 0 Å². The molecule has 0 saturated carbocycles. The van der Waals surface area contributed by atoms with E-state index in [9.17, 15) is 4.79 Å². The average molecular weight is 336 g/mol. The van der Waals surface area contributed by atoms with E-state index in [0.29, 0.717) is 23.9 Å². The Kier molecular flexibility index (Phi) is 5.18. The summed E-state index contributed by atoms with van der Waals surface area (Å²) in [5.41, 5.74) is 2.63. The zero-order valence-corrected chi connectivity index (χ0v) is 14.3. The second-order valence-corrected chi connectivity index (χ2v) is 5.86. The second kappa shape index (κ2) is 7.70. The van der Waals surface area contributed by atoms with Crippen molar-refractivity contribution in [3.05, 3.63) is 66.1 Å². The van der Waals surface area contributed by atoms with Gasteiger partial charge >= 0.3 is 0 Å². The Morgan fingerprint density at radius 3 is 2.68 bits per heavy atom. The molecule has 0 N–H and O–H groups in total. The fraction of sp³-hybridized carbons (Fsp3) is 0.263. The van der Waals surface area contributed by atoms with E-state index in [1.165, 1.54) is 0 Å². The summed E-state index contributed by atoms with van der Waals surface area (Å²) < 4.78 is 5.68. The number of oxazole rings is 1. The van der Waals surface area contributed by atoms with Crippen LogP contribution in [0.15, 0.2) is 53.5 Å². The molecule has 0 fully saturated rings. The Bertz CT molecular complexity index is 831. The van der Waals surface area contributed by atoms with Gasteiger partial charge < -0.3 is 9.32 Å². The first-order chi connectivity index (χ1) is 12.1.